The third-order valence-corrected chi connectivity index (χ3v) is 5.80. The Hall–Kier alpha value is -3.26. The topological polar surface area (TPSA) is 81.0 Å². The maximum absolute atomic E-state index is 13.2. The summed E-state index contributed by atoms with van der Waals surface area (Å²) in [6.45, 7) is 1.72. The Morgan fingerprint density at radius 3 is 2.47 bits per heavy atom. The van der Waals surface area contributed by atoms with Crippen LogP contribution in [0.15, 0.2) is 64.7 Å². The molecule has 176 valence electrons. The van der Waals surface area contributed by atoms with E-state index in [1.807, 2.05) is 0 Å². The lowest BCUT2D eigenvalue weighted by atomic mass is 10.2. The summed E-state index contributed by atoms with van der Waals surface area (Å²) >= 11 is 12.4. The lowest BCUT2D eigenvalue weighted by molar-refractivity contribution is -0.131. The average Bonchev–Trinajstić information content (AvgIpc) is 3.33. The number of benzene rings is 2. The molecule has 0 spiro atoms. The Morgan fingerprint density at radius 1 is 1.03 bits per heavy atom. The normalized spacial score (nSPS) is 14.1. The number of hydrogen-bond acceptors (Lipinski definition) is 5. The van der Waals surface area contributed by atoms with Crippen molar-refractivity contribution in [3.8, 4) is 17.1 Å². The highest BCUT2D eigenvalue weighted by Gasteiger charge is 2.23. The molecule has 1 N–H and O–H groups in total. The zero-order chi connectivity index (χ0) is 24.1. The Morgan fingerprint density at radius 2 is 1.76 bits per heavy atom. The number of nitrogens with zero attached hydrogens (tertiary/aromatic N) is 1. The second-order valence-electron chi connectivity index (χ2n) is 7.47. The summed E-state index contributed by atoms with van der Waals surface area (Å²) in [6, 6.07) is 15.1. The van der Waals surface area contributed by atoms with Gasteiger partial charge in [0.1, 0.15) is 23.0 Å². The molecule has 1 saturated heterocycles. The van der Waals surface area contributed by atoms with Crippen LogP contribution in [0.1, 0.15) is 16.1 Å². The molecule has 0 atom stereocenters. The second kappa shape index (κ2) is 10.8. The van der Waals surface area contributed by atoms with Crippen LogP contribution >= 0.6 is 23.2 Å². The minimum atomic E-state index is -0.430. The number of furan rings is 1. The highest BCUT2D eigenvalue weighted by molar-refractivity contribution is 6.35. The summed E-state index contributed by atoms with van der Waals surface area (Å²) < 4.78 is 16.4. The summed E-state index contributed by atoms with van der Waals surface area (Å²) in [5.41, 5.74) is 1.09. The summed E-state index contributed by atoms with van der Waals surface area (Å²) in [5, 5.41) is 3.72. The first-order valence-electron chi connectivity index (χ1n) is 10.5. The maximum atomic E-state index is 13.2. The van der Waals surface area contributed by atoms with Crippen LogP contribution in [0.4, 0.5) is 0 Å². The van der Waals surface area contributed by atoms with Crippen LogP contribution in [0.3, 0.4) is 0 Å². The van der Waals surface area contributed by atoms with E-state index in [-0.39, 0.29) is 11.6 Å². The molecule has 1 aliphatic rings. The molecule has 3 aromatic rings. The van der Waals surface area contributed by atoms with Crippen molar-refractivity contribution in [1.29, 1.82) is 0 Å². The van der Waals surface area contributed by atoms with E-state index in [0.717, 1.165) is 0 Å². The molecule has 0 unspecified atom stereocenters. The van der Waals surface area contributed by atoms with Gasteiger partial charge in [0.15, 0.2) is 0 Å². The van der Waals surface area contributed by atoms with Gasteiger partial charge in [-0.05, 0) is 54.6 Å². The first-order chi connectivity index (χ1) is 16.4. The predicted octanol–water partition coefficient (Wildman–Crippen LogP) is 4.89. The Kier molecular flexibility index (Phi) is 7.57. The SMILES string of the molecule is COc1ccc(C(=O)NC(=Cc2ccc(-c3cc(Cl)ccc3Cl)o2)C(=O)N2CCOCC2)cc1. The van der Waals surface area contributed by atoms with Crippen molar-refractivity contribution in [2.75, 3.05) is 33.4 Å². The van der Waals surface area contributed by atoms with E-state index in [2.05, 4.69) is 5.32 Å². The molecule has 2 amide bonds. The molecular formula is C25H22Cl2N2O5. The molecule has 1 aliphatic heterocycles. The molecular weight excluding hydrogens is 479 g/mol. The van der Waals surface area contributed by atoms with Crippen LogP contribution in [0.2, 0.25) is 10.0 Å². The van der Waals surface area contributed by atoms with Crippen molar-refractivity contribution in [2.45, 2.75) is 0 Å². The maximum Gasteiger partial charge on any atom is 0.270 e. The van der Waals surface area contributed by atoms with Gasteiger partial charge in [0.25, 0.3) is 11.8 Å². The van der Waals surface area contributed by atoms with Gasteiger partial charge in [-0.1, -0.05) is 23.2 Å². The van der Waals surface area contributed by atoms with Crippen molar-refractivity contribution in [2.24, 2.45) is 0 Å². The van der Waals surface area contributed by atoms with Crippen molar-refractivity contribution >= 4 is 41.1 Å². The van der Waals surface area contributed by atoms with Gasteiger partial charge in [0.05, 0.1) is 25.3 Å². The van der Waals surface area contributed by atoms with E-state index in [1.54, 1.807) is 66.6 Å². The summed E-state index contributed by atoms with van der Waals surface area (Å²) in [4.78, 5) is 27.7. The van der Waals surface area contributed by atoms with Gasteiger partial charge in [-0.3, -0.25) is 9.59 Å². The smallest absolute Gasteiger partial charge is 0.270 e. The summed E-state index contributed by atoms with van der Waals surface area (Å²) in [7, 11) is 1.55. The van der Waals surface area contributed by atoms with Gasteiger partial charge in [-0.25, -0.2) is 0 Å². The molecule has 2 heterocycles. The molecule has 1 fully saturated rings. The summed E-state index contributed by atoms with van der Waals surface area (Å²) in [6.07, 6.45) is 1.50. The number of ether oxygens (including phenoxy) is 2. The third-order valence-electron chi connectivity index (χ3n) is 5.24. The number of methoxy groups -OCH3 is 1. The van der Waals surface area contributed by atoms with Crippen molar-refractivity contribution in [3.63, 3.8) is 0 Å². The van der Waals surface area contributed by atoms with E-state index >= 15 is 0 Å². The Balaban J connectivity index is 1.63. The van der Waals surface area contributed by atoms with Crippen molar-refractivity contribution in [3.05, 3.63) is 81.7 Å². The molecule has 9 heteroatoms. The van der Waals surface area contributed by atoms with Crippen LogP contribution in [0.5, 0.6) is 5.75 Å². The van der Waals surface area contributed by atoms with Crippen molar-refractivity contribution in [1.82, 2.24) is 10.2 Å². The summed E-state index contributed by atoms with van der Waals surface area (Å²) in [5.74, 6) is 0.722. The van der Waals surface area contributed by atoms with Crippen LogP contribution in [0, 0.1) is 0 Å². The van der Waals surface area contributed by atoms with E-state index in [1.165, 1.54) is 6.08 Å². The fourth-order valence-corrected chi connectivity index (χ4v) is 3.81. The molecule has 7 nitrogen and oxygen atoms in total. The number of nitrogens with one attached hydrogen (secondary N) is 1. The molecule has 2 aromatic carbocycles. The standard InChI is InChI=1S/C25H22Cl2N2O5/c1-32-18-5-2-16(3-6-18)24(30)28-22(25(31)29-10-12-33-13-11-29)15-19-7-9-23(34-19)20-14-17(26)4-8-21(20)27/h2-9,14-15H,10-13H2,1H3,(H,28,30). The molecule has 4 rings (SSSR count). The molecule has 0 bridgehead atoms. The lowest BCUT2D eigenvalue weighted by Crippen LogP contribution is -2.44. The van der Waals surface area contributed by atoms with Crippen LogP contribution in [-0.2, 0) is 9.53 Å². The number of morpholine rings is 1. The number of amides is 2. The van der Waals surface area contributed by atoms with Gasteiger partial charge < -0.3 is 24.1 Å². The monoisotopic (exact) mass is 500 g/mol. The van der Waals surface area contributed by atoms with E-state index < -0.39 is 5.91 Å². The molecule has 0 saturated carbocycles. The van der Waals surface area contributed by atoms with E-state index in [4.69, 9.17) is 37.1 Å². The van der Waals surface area contributed by atoms with Crippen LogP contribution in [-0.4, -0.2) is 50.1 Å². The van der Waals surface area contributed by atoms with Crippen molar-refractivity contribution < 1.29 is 23.5 Å². The fourth-order valence-electron chi connectivity index (χ4n) is 3.43. The molecule has 0 radical (unpaired) electrons. The minimum Gasteiger partial charge on any atom is -0.497 e. The fraction of sp³-hybridized carbons (Fsp3) is 0.200. The Bertz CT molecular complexity index is 1210. The van der Waals surface area contributed by atoms with Crippen LogP contribution in [0.25, 0.3) is 17.4 Å². The minimum absolute atomic E-state index is 0.0841. The van der Waals surface area contributed by atoms with E-state index in [9.17, 15) is 9.59 Å². The number of halogens is 2. The van der Waals surface area contributed by atoms with E-state index in [0.29, 0.717) is 64.7 Å². The van der Waals surface area contributed by atoms with Gasteiger partial charge in [0.2, 0.25) is 0 Å². The molecule has 1 aromatic heterocycles. The highest BCUT2D eigenvalue weighted by atomic mass is 35.5. The number of carbonyl (C=O) groups excluding carboxylic acids is 2. The largest absolute Gasteiger partial charge is 0.497 e. The number of rotatable bonds is 6. The average molecular weight is 501 g/mol. The van der Waals surface area contributed by atoms with Crippen LogP contribution < -0.4 is 10.1 Å². The Labute approximate surface area is 206 Å². The lowest BCUT2D eigenvalue weighted by Gasteiger charge is -2.27. The molecule has 0 aliphatic carbocycles. The zero-order valence-corrected chi connectivity index (χ0v) is 19.9. The predicted molar refractivity (Wildman–Crippen MR) is 130 cm³/mol. The second-order valence-corrected chi connectivity index (χ2v) is 8.32. The van der Waals surface area contributed by atoms with Gasteiger partial charge in [-0.2, -0.15) is 0 Å². The third kappa shape index (κ3) is 5.62. The van der Waals surface area contributed by atoms with Gasteiger partial charge >= 0.3 is 0 Å². The number of carbonyl (C=O) groups is 2. The number of hydrogen-bond donors (Lipinski definition) is 1. The van der Waals surface area contributed by atoms with Gasteiger partial charge in [0, 0.05) is 35.3 Å². The first kappa shape index (κ1) is 23.9. The highest BCUT2D eigenvalue weighted by Crippen LogP contribution is 2.32. The molecule has 34 heavy (non-hydrogen) atoms. The quantitative estimate of drug-likeness (QED) is 0.487. The zero-order valence-electron chi connectivity index (χ0n) is 18.3. The first-order valence-corrected chi connectivity index (χ1v) is 11.3. The van der Waals surface area contributed by atoms with Gasteiger partial charge in [-0.15, -0.1) is 0 Å².